The molecule has 4 aliphatic heterocycles. The Bertz CT molecular complexity index is 2100. The van der Waals surface area contributed by atoms with E-state index < -0.39 is 5.41 Å². The number of amides is 3. The van der Waals surface area contributed by atoms with Gasteiger partial charge in [0.15, 0.2) is 0 Å². The molecule has 302 valence electrons. The minimum atomic E-state index is -0.595. The van der Waals surface area contributed by atoms with E-state index in [1.807, 2.05) is 36.4 Å². The molecule has 1 aromatic heterocycles. The number of hydrogen-bond acceptors (Lipinski definition) is 9. The van der Waals surface area contributed by atoms with Crippen molar-refractivity contribution in [2.24, 2.45) is 17.8 Å². The monoisotopic (exact) mass is 781 g/mol. The number of phenols is 1. The van der Waals surface area contributed by atoms with E-state index in [0.29, 0.717) is 67.8 Å². The van der Waals surface area contributed by atoms with Crippen LogP contribution in [0.1, 0.15) is 74.8 Å². The lowest BCUT2D eigenvalue weighted by molar-refractivity contribution is -0.134. The first-order valence-electron chi connectivity index (χ1n) is 21.4. The van der Waals surface area contributed by atoms with E-state index in [9.17, 15) is 19.5 Å². The molecule has 5 fully saturated rings. The molecule has 11 nitrogen and oxygen atoms in total. The summed E-state index contributed by atoms with van der Waals surface area (Å²) in [5.41, 5.74) is 4.92. The van der Waals surface area contributed by atoms with Crippen LogP contribution in [0.3, 0.4) is 0 Å². The lowest BCUT2D eigenvalue weighted by Gasteiger charge is -2.43. The second-order valence-corrected chi connectivity index (χ2v) is 17.5. The van der Waals surface area contributed by atoms with E-state index in [2.05, 4.69) is 71.9 Å². The zero-order valence-electron chi connectivity index (χ0n) is 33.3. The van der Waals surface area contributed by atoms with Crippen LogP contribution >= 0.6 is 0 Å². The predicted octanol–water partition coefficient (Wildman–Crippen LogP) is 6.04. The molecule has 11 heteroatoms. The maximum absolute atomic E-state index is 14.5. The molecule has 58 heavy (non-hydrogen) atoms. The van der Waals surface area contributed by atoms with Gasteiger partial charge in [-0.1, -0.05) is 54.6 Å². The van der Waals surface area contributed by atoms with Gasteiger partial charge in [-0.05, 0) is 111 Å². The molecule has 5 aliphatic rings. The molecule has 4 aromatic rings. The summed E-state index contributed by atoms with van der Waals surface area (Å²) in [6.07, 6.45) is 9.77. The van der Waals surface area contributed by atoms with Crippen molar-refractivity contribution in [3.63, 3.8) is 0 Å². The maximum Gasteiger partial charge on any atom is 0.234 e. The molecule has 3 N–H and O–H groups in total. The average molecular weight is 782 g/mol. The average Bonchev–Trinajstić information content (AvgIpc) is 3.66. The highest BCUT2D eigenvalue weighted by Crippen LogP contribution is 2.41. The van der Waals surface area contributed by atoms with Crippen LogP contribution in [-0.4, -0.2) is 89.8 Å². The third kappa shape index (κ3) is 7.93. The fourth-order valence-corrected chi connectivity index (χ4v) is 10.7. The molecule has 1 saturated carbocycles. The van der Waals surface area contributed by atoms with Crippen LogP contribution in [0.2, 0.25) is 0 Å². The Hall–Kier alpha value is -5.29. The standard InChI is InChI=1S/C47H55N7O4/c55-43-9-5-4-8-41(43)42-27-39(28-48-51-42)54-24-20-47(21-25-54,36-6-2-1-3-7-36)46(58)49-37-13-10-34-30-52(31-35(34)26-37)29-32-18-22-53(23-19-32)38-14-11-33(12-15-38)40-16-17-44(56)50-45(40)57/h1-9,11-12,14-15,27-28,32,34-35,37,40,55H,10,13,16-26,29-31H2,(H,49,58)(H,50,56,57)/t34-,35+,37?,40+/m0/s1. The molecule has 3 amide bonds. The first-order chi connectivity index (χ1) is 28.3. The maximum atomic E-state index is 14.5. The second-order valence-electron chi connectivity index (χ2n) is 17.5. The van der Waals surface area contributed by atoms with E-state index in [-0.39, 0.29) is 35.4 Å². The summed E-state index contributed by atoms with van der Waals surface area (Å²) >= 11 is 0. The number of nitrogens with one attached hydrogen (secondary N) is 2. The van der Waals surface area contributed by atoms with Gasteiger partial charge in [-0.15, -0.1) is 0 Å². The van der Waals surface area contributed by atoms with Gasteiger partial charge in [0.05, 0.1) is 28.9 Å². The Labute approximate surface area is 341 Å². The zero-order valence-corrected chi connectivity index (χ0v) is 33.3. The van der Waals surface area contributed by atoms with Gasteiger partial charge in [0, 0.05) is 69.5 Å². The quantitative estimate of drug-likeness (QED) is 0.174. The van der Waals surface area contributed by atoms with Crippen molar-refractivity contribution in [1.82, 2.24) is 25.7 Å². The van der Waals surface area contributed by atoms with Crippen LogP contribution in [0.25, 0.3) is 11.3 Å². The summed E-state index contributed by atoms with van der Waals surface area (Å²) in [6.45, 7) is 6.96. The Morgan fingerprint density at radius 3 is 2.29 bits per heavy atom. The molecular weight excluding hydrogens is 727 g/mol. The molecule has 9 rings (SSSR count). The Morgan fingerprint density at radius 2 is 1.53 bits per heavy atom. The van der Waals surface area contributed by atoms with Crippen LogP contribution in [0.15, 0.2) is 91.1 Å². The van der Waals surface area contributed by atoms with Gasteiger partial charge in [-0.3, -0.25) is 19.7 Å². The molecule has 1 aliphatic carbocycles. The first kappa shape index (κ1) is 38.2. The number of aromatic hydroxyl groups is 1. The number of likely N-dealkylation sites (tertiary alicyclic amines) is 1. The van der Waals surface area contributed by atoms with Gasteiger partial charge in [-0.2, -0.15) is 10.2 Å². The summed E-state index contributed by atoms with van der Waals surface area (Å²) in [5.74, 6) is 1.76. The van der Waals surface area contributed by atoms with Crippen molar-refractivity contribution in [2.75, 3.05) is 55.6 Å². The fraction of sp³-hybridized carbons (Fsp3) is 0.468. The number of fused-ring (bicyclic) bond motifs is 1. The number of phenolic OH excluding ortho intramolecular Hbond substituents is 1. The summed E-state index contributed by atoms with van der Waals surface area (Å²) in [4.78, 5) is 46.0. The largest absolute Gasteiger partial charge is 0.507 e. The van der Waals surface area contributed by atoms with Crippen LogP contribution < -0.4 is 20.4 Å². The van der Waals surface area contributed by atoms with Crippen LogP contribution in [-0.2, 0) is 19.8 Å². The number of rotatable bonds is 9. The van der Waals surface area contributed by atoms with Crippen molar-refractivity contribution >= 4 is 29.1 Å². The molecular formula is C47H55N7O4. The highest BCUT2D eigenvalue weighted by atomic mass is 16.3. The third-order valence-corrected chi connectivity index (χ3v) is 14.1. The van der Waals surface area contributed by atoms with E-state index in [1.165, 1.54) is 31.5 Å². The third-order valence-electron chi connectivity index (χ3n) is 14.1. The van der Waals surface area contributed by atoms with Crippen LogP contribution in [0.4, 0.5) is 11.4 Å². The number of benzene rings is 3. The van der Waals surface area contributed by atoms with Gasteiger partial charge >= 0.3 is 0 Å². The van der Waals surface area contributed by atoms with E-state index in [4.69, 9.17) is 0 Å². The molecule has 4 atom stereocenters. The fourth-order valence-electron chi connectivity index (χ4n) is 10.7. The topological polar surface area (TPSA) is 131 Å². The number of imide groups is 1. The van der Waals surface area contributed by atoms with Crippen LogP contribution in [0.5, 0.6) is 5.75 Å². The van der Waals surface area contributed by atoms with Gasteiger partial charge in [0.25, 0.3) is 0 Å². The van der Waals surface area contributed by atoms with Gasteiger partial charge in [0.1, 0.15) is 5.75 Å². The molecule has 4 saturated heterocycles. The summed E-state index contributed by atoms with van der Waals surface area (Å²) in [6, 6.07) is 28.1. The SMILES string of the molecule is O=C1CC[C@H](c2ccc(N3CCC(CN4C[C@H]5CC(NC(=O)C6(c7ccccc7)CCN(c7cnnc(-c8ccccc8O)c7)CC6)CC[C@H]5C4)CC3)cc2)C(=O)N1. The highest BCUT2D eigenvalue weighted by Gasteiger charge is 2.45. The highest BCUT2D eigenvalue weighted by molar-refractivity contribution is 6.01. The lowest BCUT2D eigenvalue weighted by atomic mass is 9.71. The Kier molecular flexibility index (Phi) is 10.9. The van der Waals surface area contributed by atoms with Crippen molar-refractivity contribution < 1.29 is 19.5 Å². The van der Waals surface area contributed by atoms with Crippen molar-refractivity contribution in [2.45, 2.75) is 75.2 Å². The minimum Gasteiger partial charge on any atom is -0.507 e. The molecule has 3 aromatic carbocycles. The van der Waals surface area contributed by atoms with Crippen LogP contribution in [0, 0.1) is 17.8 Å². The van der Waals surface area contributed by atoms with E-state index >= 15 is 0 Å². The zero-order chi connectivity index (χ0) is 39.6. The summed E-state index contributed by atoms with van der Waals surface area (Å²) in [5, 5.41) is 25.1. The summed E-state index contributed by atoms with van der Waals surface area (Å²) < 4.78 is 0. The number of anilines is 2. The smallest absolute Gasteiger partial charge is 0.234 e. The Morgan fingerprint density at radius 1 is 0.810 bits per heavy atom. The van der Waals surface area contributed by atoms with Crippen molar-refractivity contribution in [3.05, 3.63) is 102 Å². The molecule has 0 radical (unpaired) electrons. The molecule has 1 unspecified atom stereocenters. The molecule has 0 bridgehead atoms. The summed E-state index contributed by atoms with van der Waals surface area (Å²) in [7, 11) is 0. The number of para-hydroxylation sites is 1. The second kappa shape index (κ2) is 16.5. The number of hydrogen-bond donors (Lipinski definition) is 3. The van der Waals surface area contributed by atoms with Crippen molar-refractivity contribution in [1.29, 1.82) is 0 Å². The number of aromatic nitrogens is 2. The normalized spacial score (nSPS) is 25.2. The van der Waals surface area contributed by atoms with E-state index in [1.54, 1.807) is 18.3 Å². The number of carbonyl (C=O) groups excluding carboxylic acids is 3. The van der Waals surface area contributed by atoms with Gasteiger partial charge in [-0.25, -0.2) is 0 Å². The van der Waals surface area contributed by atoms with Gasteiger partial charge < -0.3 is 25.1 Å². The Balaban J connectivity index is 0.774. The number of nitrogens with zero attached hydrogens (tertiary/aromatic N) is 5. The molecule has 5 heterocycles. The number of carbonyl (C=O) groups is 3. The lowest BCUT2D eigenvalue weighted by Crippen LogP contribution is -2.54. The first-order valence-corrected chi connectivity index (χ1v) is 21.4. The number of piperidine rings is 3. The van der Waals surface area contributed by atoms with E-state index in [0.717, 1.165) is 55.8 Å². The van der Waals surface area contributed by atoms with Gasteiger partial charge in [0.2, 0.25) is 17.7 Å². The molecule has 0 spiro atoms. The van der Waals surface area contributed by atoms with Crippen molar-refractivity contribution in [3.8, 4) is 17.0 Å². The minimum absolute atomic E-state index is 0.164. The predicted molar refractivity (Wildman–Crippen MR) is 224 cm³/mol.